The maximum Gasteiger partial charge on any atom is 0.290 e. The van der Waals surface area contributed by atoms with E-state index in [0.29, 0.717) is 12.8 Å². The molecule has 13 heavy (non-hydrogen) atoms. The van der Waals surface area contributed by atoms with Crippen LogP contribution < -0.4 is 5.73 Å². The maximum atomic E-state index is 5.63. The molecule has 1 aromatic heterocycles. The summed E-state index contributed by atoms with van der Waals surface area (Å²) in [7, 11) is 0. The molecule has 1 heterocycles. The largest absolute Gasteiger partial charge is 0.368 e. The molecule has 6 heteroatoms. The van der Waals surface area contributed by atoms with Crippen LogP contribution in [0.3, 0.4) is 0 Å². The predicted octanol–water partition coefficient (Wildman–Crippen LogP) is 0.915. The summed E-state index contributed by atoms with van der Waals surface area (Å²) in [5, 5.41) is 11.1. The number of rotatable bonds is 5. The Balaban J connectivity index is 2.69. The number of nitrogens with two attached hydrogens (primary N) is 1. The van der Waals surface area contributed by atoms with Crippen molar-refractivity contribution < 1.29 is 0 Å². The van der Waals surface area contributed by atoms with Gasteiger partial charge in [-0.2, -0.15) is 0 Å². The maximum absolute atomic E-state index is 5.63. The first kappa shape index (κ1) is 10.0. The van der Waals surface area contributed by atoms with Crippen molar-refractivity contribution in [1.82, 2.24) is 20.1 Å². The van der Waals surface area contributed by atoms with E-state index in [1.165, 1.54) is 0 Å². The van der Waals surface area contributed by atoms with Gasteiger partial charge in [0, 0.05) is 0 Å². The number of anilines is 1. The zero-order chi connectivity index (χ0) is 9.68. The van der Waals surface area contributed by atoms with Gasteiger partial charge in [0.25, 0.3) is 6.85 Å². The quantitative estimate of drug-likeness (QED) is 0.685. The monoisotopic (exact) mass is 181 g/mol. The SMILES string of the molecule is CCCB(CCC)n1nnnc1N. The van der Waals surface area contributed by atoms with Crippen LogP contribution in [0.1, 0.15) is 26.7 Å². The van der Waals surface area contributed by atoms with E-state index in [-0.39, 0.29) is 0 Å². The predicted molar refractivity (Wildman–Crippen MR) is 53.6 cm³/mol. The molecule has 0 fully saturated rings. The minimum Gasteiger partial charge on any atom is -0.368 e. The summed E-state index contributed by atoms with van der Waals surface area (Å²) >= 11 is 0. The molecule has 1 rings (SSSR count). The third-order valence-corrected chi connectivity index (χ3v) is 2.11. The Morgan fingerprint density at radius 3 is 2.31 bits per heavy atom. The minimum absolute atomic E-state index is 0.366. The Labute approximate surface area is 78.8 Å². The van der Waals surface area contributed by atoms with E-state index in [0.717, 1.165) is 25.5 Å². The molecule has 0 aliphatic heterocycles. The second-order valence-electron chi connectivity index (χ2n) is 3.21. The molecular formula is C7H16BN5. The fraction of sp³-hybridized carbons (Fsp3) is 0.857. The molecule has 72 valence electrons. The van der Waals surface area contributed by atoms with E-state index in [4.69, 9.17) is 5.73 Å². The molecule has 0 aliphatic rings. The van der Waals surface area contributed by atoms with E-state index < -0.39 is 0 Å². The summed E-state index contributed by atoms with van der Waals surface area (Å²) in [6, 6.07) is 0. The number of aromatic nitrogens is 4. The van der Waals surface area contributed by atoms with Gasteiger partial charge in [-0.3, -0.25) is 4.59 Å². The van der Waals surface area contributed by atoms with Crippen LogP contribution in [0, 0.1) is 0 Å². The van der Waals surface area contributed by atoms with Crippen molar-refractivity contribution in [1.29, 1.82) is 0 Å². The Hall–Kier alpha value is -1.07. The van der Waals surface area contributed by atoms with Gasteiger partial charge in [-0.1, -0.05) is 49.6 Å². The number of nitrogens with zero attached hydrogens (tertiary/aromatic N) is 4. The average molecular weight is 181 g/mol. The second kappa shape index (κ2) is 4.84. The molecule has 0 saturated carbocycles. The molecule has 0 aromatic carbocycles. The van der Waals surface area contributed by atoms with Crippen LogP contribution in [0.2, 0.25) is 12.6 Å². The van der Waals surface area contributed by atoms with Gasteiger partial charge >= 0.3 is 0 Å². The van der Waals surface area contributed by atoms with E-state index >= 15 is 0 Å². The van der Waals surface area contributed by atoms with Gasteiger partial charge in [0.2, 0.25) is 5.95 Å². The molecule has 0 atom stereocenters. The third kappa shape index (κ3) is 2.43. The summed E-state index contributed by atoms with van der Waals surface area (Å²) in [5.74, 6) is 0.423. The normalized spacial score (nSPS) is 10.3. The van der Waals surface area contributed by atoms with Crippen molar-refractivity contribution >= 4 is 12.8 Å². The highest BCUT2D eigenvalue weighted by molar-refractivity contribution is 6.57. The Kier molecular flexibility index (Phi) is 3.73. The van der Waals surface area contributed by atoms with Crippen LogP contribution in [-0.4, -0.2) is 27.0 Å². The molecule has 0 spiro atoms. The molecule has 0 amide bonds. The summed E-state index contributed by atoms with van der Waals surface area (Å²) in [6.07, 6.45) is 4.43. The second-order valence-corrected chi connectivity index (χ2v) is 3.21. The minimum atomic E-state index is 0.366. The van der Waals surface area contributed by atoms with Crippen LogP contribution in [0.15, 0.2) is 0 Å². The fourth-order valence-electron chi connectivity index (χ4n) is 1.52. The summed E-state index contributed by atoms with van der Waals surface area (Å²) in [5.41, 5.74) is 5.63. The molecule has 0 unspecified atom stereocenters. The van der Waals surface area contributed by atoms with Crippen molar-refractivity contribution in [2.45, 2.75) is 39.3 Å². The zero-order valence-corrected chi connectivity index (χ0v) is 8.27. The number of nitrogen functional groups attached to an aromatic ring is 1. The van der Waals surface area contributed by atoms with Crippen molar-refractivity contribution in [3.05, 3.63) is 0 Å². The lowest BCUT2D eigenvalue weighted by Crippen LogP contribution is -2.26. The molecule has 0 aliphatic carbocycles. The molecule has 0 radical (unpaired) electrons. The van der Waals surface area contributed by atoms with Crippen LogP contribution in [0.25, 0.3) is 0 Å². The van der Waals surface area contributed by atoms with E-state index in [1.807, 2.05) is 0 Å². The van der Waals surface area contributed by atoms with Crippen molar-refractivity contribution in [2.75, 3.05) is 5.73 Å². The van der Waals surface area contributed by atoms with Crippen molar-refractivity contribution in [2.24, 2.45) is 0 Å². The van der Waals surface area contributed by atoms with E-state index in [2.05, 4.69) is 29.4 Å². The van der Waals surface area contributed by atoms with Gasteiger partial charge in [0.05, 0.1) is 0 Å². The summed E-state index contributed by atoms with van der Waals surface area (Å²) in [4.78, 5) is 0. The van der Waals surface area contributed by atoms with Gasteiger partial charge in [0.1, 0.15) is 0 Å². The van der Waals surface area contributed by atoms with Crippen LogP contribution in [0.5, 0.6) is 0 Å². The third-order valence-electron chi connectivity index (χ3n) is 2.11. The van der Waals surface area contributed by atoms with Crippen molar-refractivity contribution in [3.63, 3.8) is 0 Å². The number of hydrogen-bond acceptors (Lipinski definition) is 4. The van der Waals surface area contributed by atoms with E-state index in [1.54, 1.807) is 4.59 Å². The highest BCUT2D eigenvalue weighted by atomic mass is 15.5. The molecule has 0 bridgehead atoms. The molecular weight excluding hydrogens is 165 g/mol. The topological polar surface area (TPSA) is 69.6 Å². The van der Waals surface area contributed by atoms with Crippen LogP contribution in [-0.2, 0) is 0 Å². The smallest absolute Gasteiger partial charge is 0.290 e. The van der Waals surface area contributed by atoms with Gasteiger partial charge in [-0.15, -0.1) is 0 Å². The average Bonchev–Trinajstić information content (AvgIpc) is 2.51. The summed E-state index contributed by atoms with van der Waals surface area (Å²) in [6.45, 7) is 4.68. The first-order valence-electron chi connectivity index (χ1n) is 4.82. The Bertz CT molecular complexity index is 243. The van der Waals surface area contributed by atoms with Gasteiger partial charge in [-0.05, 0) is 5.21 Å². The molecule has 2 N–H and O–H groups in total. The lowest BCUT2D eigenvalue weighted by atomic mass is 9.55. The zero-order valence-electron chi connectivity index (χ0n) is 8.27. The molecule has 5 nitrogen and oxygen atoms in total. The Morgan fingerprint density at radius 1 is 1.31 bits per heavy atom. The lowest BCUT2D eigenvalue weighted by Gasteiger charge is -2.10. The highest BCUT2D eigenvalue weighted by Gasteiger charge is 2.18. The van der Waals surface area contributed by atoms with Crippen LogP contribution >= 0.6 is 0 Å². The Morgan fingerprint density at radius 2 is 1.92 bits per heavy atom. The number of tetrazole rings is 1. The van der Waals surface area contributed by atoms with Gasteiger partial charge in [0.15, 0.2) is 0 Å². The van der Waals surface area contributed by atoms with Gasteiger partial charge in [-0.25, -0.2) is 0 Å². The first-order valence-corrected chi connectivity index (χ1v) is 4.82. The lowest BCUT2D eigenvalue weighted by molar-refractivity contribution is 0.809. The highest BCUT2D eigenvalue weighted by Crippen LogP contribution is 2.09. The molecule has 0 saturated heterocycles. The first-order chi connectivity index (χ1) is 6.29. The number of hydrogen-bond donors (Lipinski definition) is 1. The van der Waals surface area contributed by atoms with Crippen molar-refractivity contribution in [3.8, 4) is 0 Å². The molecule has 1 aromatic rings. The van der Waals surface area contributed by atoms with E-state index in [9.17, 15) is 0 Å². The fourth-order valence-corrected chi connectivity index (χ4v) is 1.52. The van der Waals surface area contributed by atoms with Crippen LogP contribution in [0.4, 0.5) is 5.95 Å². The standard InChI is InChI=1S/C7H16BN5/c1-3-5-8(6-4-2)13-7(9)10-11-12-13/h3-6H2,1-2H3,(H2,9,10,12). The summed E-state index contributed by atoms with van der Waals surface area (Å²) < 4.78 is 1.73. The van der Waals surface area contributed by atoms with Gasteiger partial charge < -0.3 is 5.73 Å².